The summed E-state index contributed by atoms with van der Waals surface area (Å²) in [4.78, 5) is 0. The second-order valence-corrected chi connectivity index (χ2v) is 4.78. The first-order chi connectivity index (χ1) is 8.19. The molecule has 0 radical (unpaired) electrons. The van der Waals surface area contributed by atoms with Gasteiger partial charge in [-0.05, 0) is 48.4 Å². The van der Waals surface area contributed by atoms with Gasteiger partial charge in [-0.1, -0.05) is 28.1 Å². The van der Waals surface area contributed by atoms with Crippen molar-refractivity contribution in [2.45, 2.75) is 13.5 Å². The maximum atomic E-state index is 5.80. The number of hydrogen-bond donors (Lipinski definition) is 1. The van der Waals surface area contributed by atoms with Gasteiger partial charge in [-0.15, -0.1) is 0 Å². The summed E-state index contributed by atoms with van der Waals surface area (Å²) in [5, 5.41) is 0. The molecule has 2 aromatic rings. The molecule has 0 unspecified atom stereocenters. The smallest absolute Gasteiger partial charge is 0.130 e. The summed E-state index contributed by atoms with van der Waals surface area (Å²) in [5.74, 6) is 1.70. The molecular formula is C14H14BrNO. The molecule has 2 N–H and O–H groups in total. The second-order valence-electron chi connectivity index (χ2n) is 3.86. The largest absolute Gasteiger partial charge is 0.457 e. The highest BCUT2D eigenvalue weighted by atomic mass is 79.9. The van der Waals surface area contributed by atoms with Crippen molar-refractivity contribution in [1.29, 1.82) is 0 Å². The molecule has 0 saturated heterocycles. The van der Waals surface area contributed by atoms with Crippen LogP contribution in [0.25, 0.3) is 0 Å². The highest BCUT2D eigenvalue weighted by molar-refractivity contribution is 9.10. The first-order valence-electron chi connectivity index (χ1n) is 5.42. The number of aryl methyl sites for hydroxylation is 1. The van der Waals surface area contributed by atoms with Gasteiger partial charge < -0.3 is 10.5 Å². The fraction of sp³-hybridized carbons (Fsp3) is 0.143. The van der Waals surface area contributed by atoms with Gasteiger partial charge in [0, 0.05) is 11.0 Å². The molecule has 3 heteroatoms. The molecule has 0 heterocycles. The van der Waals surface area contributed by atoms with E-state index in [4.69, 9.17) is 10.5 Å². The number of ether oxygens (including phenoxy) is 1. The lowest BCUT2D eigenvalue weighted by atomic mass is 10.2. The Morgan fingerprint density at radius 3 is 2.41 bits per heavy atom. The first-order valence-corrected chi connectivity index (χ1v) is 6.21. The zero-order valence-corrected chi connectivity index (χ0v) is 11.2. The van der Waals surface area contributed by atoms with Crippen LogP contribution < -0.4 is 10.5 Å². The van der Waals surface area contributed by atoms with Crippen LogP contribution in [-0.4, -0.2) is 0 Å². The van der Waals surface area contributed by atoms with E-state index in [0.29, 0.717) is 6.54 Å². The minimum absolute atomic E-state index is 0.553. The van der Waals surface area contributed by atoms with Crippen molar-refractivity contribution in [3.8, 4) is 11.5 Å². The lowest BCUT2D eigenvalue weighted by Gasteiger charge is -2.09. The normalized spacial score (nSPS) is 10.3. The van der Waals surface area contributed by atoms with E-state index in [1.54, 1.807) is 0 Å². The third-order valence-corrected chi connectivity index (χ3v) is 3.02. The van der Waals surface area contributed by atoms with Crippen LogP contribution in [0.15, 0.2) is 46.9 Å². The predicted octanol–water partition coefficient (Wildman–Crippen LogP) is 4.01. The van der Waals surface area contributed by atoms with Crippen LogP contribution in [0, 0.1) is 6.92 Å². The van der Waals surface area contributed by atoms with Crippen molar-refractivity contribution in [1.82, 2.24) is 0 Å². The Bertz CT molecular complexity index is 508. The molecule has 0 fully saturated rings. The van der Waals surface area contributed by atoms with Gasteiger partial charge in [-0.25, -0.2) is 0 Å². The fourth-order valence-corrected chi connectivity index (χ4v) is 2.02. The second kappa shape index (κ2) is 5.34. The van der Waals surface area contributed by atoms with Crippen LogP contribution in [0.2, 0.25) is 0 Å². The fourth-order valence-electron chi connectivity index (χ4n) is 1.55. The monoisotopic (exact) mass is 291 g/mol. The van der Waals surface area contributed by atoms with E-state index in [-0.39, 0.29) is 0 Å². The Balaban J connectivity index is 2.19. The van der Waals surface area contributed by atoms with E-state index in [1.807, 2.05) is 49.4 Å². The molecule has 0 aliphatic carbocycles. The SMILES string of the molecule is Cc1cc(Br)ccc1Oc1ccc(CN)cc1. The van der Waals surface area contributed by atoms with Gasteiger partial charge in [0.1, 0.15) is 11.5 Å². The van der Waals surface area contributed by atoms with Crippen LogP contribution in [0.4, 0.5) is 0 Å². The summed E-state index contributed by atoms with van der Waals surface area (Å²) >= 11 is 3.43. The molecule has 0 saturated carbocycles. The third-order valence-electron chi connectivity index (χ3n) is 2.52. The summed E-state index contributed by atoms with van der Waals surface area (Å²) in [6.45, 7) is 2.58. The minimum atomic E-state index is 0.553. The van der Waals surface area contributed by atoms with E-state index in [0.717, 1.165) is 27.1 Å². The zero-order chi connectivity index (χ0) is 12.3. The predicted molar refractivity (Wildman–Crippen MR) is 73.3 cm³/mol. The summed E-state index contributed by atoms with van der Waals surface area (Å²) in [7, 11) is 0. The summed E-state index contributed by atoms with van der Waals surface area (Å²) in [6, 6.07) is 13.8. The quantitative estimate of drug-likeness (QED) is 0.927. The van der Waals surface area contributed by atoms with Crippen molar-refractivity contribution in [3.63, 3.8) is 0 Å². The van der Waals surface area contributed by atoms with Gasteiger partial charge in [0.05, 0.1) is 0 Å². The number of nitrogens with two attached hydrogens (primary N) is 1. The zero-order valence-electron chi connectivity index (χ0n) is 9.61. The van der Waals surface area contributed by atoms with Crippen LogP contribution in [0.3, 0.4) is 0 Å². The molecule has 2 nitrogen and oxygen atoms in total. The molecule has 88 valence electrons. The number of benzene rings is 2. The van der Waals surface area contributed by atoms with Gasteiger partial charge in [0.15, 0.2) is 0 Å². The number of rotatable bonds is 3. The number of hydrogen-bond acceptors (Lipinski definition) is 2. The highest BCUT2D eigenvalue weighted by Gasteiger charge is 2.01. The molecule has 17 heavy (non-hydrogen) atoms. The Morgan fingerprint density at radius 1 is 1.12 bits per heavy atom. The molecule has 0 aliphatic rings. The van der Waals surface area contributed by atoms with Crippen LogP contribution in [0.1, 0.15) is 11.1 Å². The molecule has 0 bridgehead atoms. The molecule has 0 atom stereocenters. The van der Waals surface area contributed by atoms with E-state index < -0.39 is 0 Å². The van der Waals surface area contributed by atoms with Crippen molar-refractivity contribution in [2.24, 2.45) is 5.73 Å². The summed E-state index contributed by atoms with van der Waals surface area (Å²) in [6.07, 6.45) is 0. The first kappa shape index (κ1) is 12.1. The van der Waals surface area contributed by atoms with Crippen LogP contribution in [0.5, 0.6) is 11.5 Å². The number of halogens is 1. The van der Waals surface area contributed by atoms with Gasteiger partial charge >= 0.3 is 0 Å². The van der Waals surface area contributed by atoms with Crippen molar-refractivity contribution < 1.29 is 4.74 Å². The molecule has 0 spiro atoms. The average molecular weight is 292 g/mol. The standard InChI is InChI=1S/C14H14BrNO/c1-10-8-12(15)4-7-14(10)17-13-5-2-11(9-16)3-6-13/h2-8H,9,16H2,1H3. The lowest BCUT2D eigenvalue weighted by Crippen LogP contribution is -1.95. The van der Waals surface area contributed by atoms with E-state index >= 15 is 0 Å². The van der Waals surface area contributed by atoms with Gasteiger partial charge in [-0.2, -0.15) is 0 Å². The van der Waals surface area contributed by atoms with E-state index in [1.165, 1.54) is 0 Å². The average Bonchev–Trinajstić information content (AvgIpc) is 2.34. The van der Waals surface area contributed by atoms with E-state index in [2.05, 4.69) is 15.9 Å². The summed E-state index contributed by atoms with van der Waals surface area (Å²) in [5.41, 5.74) is 7.75. The van der Waals surface area contributed by atoms with Crippen LogP contribution in [-0.2, 0) is 6.54 Å². The molecule has 0 aromatic heterocycles. The third kappa shape index (κ3) is 3.08. The van der Waals surface area contributed by atoms with Gasteiger partial charge in [0.25, 0.3) is 0 Å². The van der Waals surface area contributed by atoms with Crippen molar-refractivity contribution >= 4 is 15.9 Å². The topological polar surface area (TPSA) is 35.2 Å². The molecular weight excluding hydrogens is 278 g/mol. The Kier molecular flexibility index (Phi) is 3.82. The maximum absolute atomic E-state index is 5.80. The van der Waals surface area contributed by atoms with Gasteiger partial charge in [-0.3, -0.25) is 0 Å². The van der Waals surface area contributed by atoms with Gasteiger partial charge in [0.2, 0.25) is 0 Å². The molecule has 2 aromatic carbocycles. The summed E-state index contributed by atoms with van der Waals surface area (Å²) < 4.78 is 6.86. The Morgan fingerprint density at radius 2 is 1.82 bits per heavy atom. The van der Waals surface area contributed by atoms with Crippen LogP contribution >= 0.6 is 15.9 Å². The molecule has 0 amide bonds. The Labute approximate surface area is 110 Å². The molecule has 0 aliphatic heterocycles. The minimum Gasteiger partial charge on any atom is -0.457 e. The maximum Gasteiger partial charge on any atom is 0.130 e. The Hall–Kier alpha value is -1.32. The van der Waals surface area contributed by atoms with E-state index in [9.17, 15) is 0 Å². The molecule has 2 rings (SSSR count). The lowest BCUT2D eigenvalue weighted by molar-refractivity contribution is 0.478. The van der Waals surface area contributed by atoms with Crippen molar-refractivity contribution in [2.75, 3.05) is 0 Å². The van der Waals surface area contributed by atoms with Crippen molar-refractivity contribution in [3.05, 3.63) is 58.1 Å². The highest BCUT2D eigenvalue weighted by Crippen LogP contribution is 2.27.